The van der Waals surface area contributed by atoms with Crippen LogP contribution in [0.3, 0.4) is 0 Å². The maximum atomic E-state index is 12.2. The van der Waals surface area contributed by atoms with E-state index in [2.05, 4.69) is 25.4 Å². The molecule has 124 valence electrons. The van der Waals surface area contributed by atoms with Crippen LogP contribution in [0.25, 0.3) is 22.3 Å². The fourth-order valence-electron chi connectivity index (χ4n) is 2.62. The zero-order valence-electron chi connectivity index (χ0n) is 13.8. The van der Waals surface area contributed by atoms with Crippen LogP contribution in [0.4, 0.5) is 0 Å². The average molecular weight is 332 g/mol. The van der Waals surface area contributed by atoms with Crippen LogP contribution in [0.2, 0.25) is 0 Å². The number of fused-ring (bicyclic) bond motifs is 1. The molecule has 0 saturated carbocycles. The van der Waals surface area contributed by atoms with Crippen molar-refractivity contribution in [1.82, 2.24) is 30.2 Å². The van der Waals surface area contributed by atoms with Crippen molar-refractivity contribution in [3.05, 3.63) is 70.3 Å². The number of nitrogens with one attached hydrogen (secondary N) is 1. The molecule has 0 aliphatic carbocycles. The Morgan fingerprint density at radius 2 is 1.84 bits per heavy atom. The third kappa shape index (κ3) is 2.80. The highest BCUT2D eigenvalue weighted by Crippen LogP contribution is 2.17. The van der Waals surface area contributed by atoms with Crippen molar-refractivity contribution in [3.8, 4) is 11.4 Å². The van der Waals surface area contributed by atoms with Gasteiger partial charge in [0, 0.05) is 5.56 Å². The van der Waals surface area contributed by atoms with Crippen LogP contribution in [0.1, 0.15) is 24.4 Å². The van der Waals surface area contributed by atoms with E-state index in [4.69, 9.17) is 0 Å². The fraction of sp³-hybridized carbons (Fsp3) is 0.167. The third-order valence-electron chi connectivity index (χ3n) is 4.11. The van der Waals surface area contributed by atoms with E-state index in [1.54, 1.807) is 6.07 Å². The standard InChI is InChI=1S/C18H16N6O/c1-11-7-9-13(10-8-11)17-21-23-24(22-17)12(2)16-19-15-6-4-3-5-14(15)18(25)20-16/h3-10,12H,1-2H3,(H,19,20,25). The minimum Gasteiger partial charge on any atom is -0.308 e. The Hall–Kier alpha value is -3.35. The number of rotatable bonds is 3. The van der Waals surface area contributed by atoms with Gasteiger partial charge in [-0.05, 0) is 31.2 Å². The van der Waals surface area contributed by atoms with Gasteiger partial charge in [-0.15, -0.1) is 10.2 Å². The Morgan fingerprint density at radius 3 is 2.64 bits per heavy atom. The van der Waals surface area contributed by atoms with Gasteiger partial charge >= 0.3 is 0 Å². The van der Waals surface area contributed by atoms with Crippen molar-refractivity contribution in [2.45, 2.75) is 19.9 Å². The van der Waals surface area contributed by atoms with Gasteiger partial charge < -0.3 is 4.98 Å². The summed E-state index contributed by atoms with van der Waals surface area (Å²) < 4.78 is 0. The summed E-state index contributed by atoms with van der Waals surface area (Å²) in [6.45, 7) is 3.89. The largest absolute Gasteiger partial charge is 0.308 e. The number of benzene rings is 2. The Balaban J connectivity index is 1.71. The minimum absolute atomic E-state index is 0.175. The van der Waals surface area contributed by atoms with E-state index in [9.17, 15) is 4.79 Å². The first kappa shape index (κ1) is 15.2. The van der Waals surface area contributed by atoms with E-state index < -0.39 is 0 Å². The summed E-state index contributed by atoms with van der Waals surface area (Å²) >= 11 is 0. The van der Waals surface area contributed by atoms with Crippen molar-refractivity contribution < 1.29 is 0 Å². The Morgan fingerprint density at radius 1 is 1.08 bits per heavy atom. The van der Waals surface area contributed by atoms with Crippen molar-refractivity contribution in [3.63, 3.8) is 0 Å². The predicted molar refractivity (Wildman–Crippen MR) is 94.2 cm³/mol. The molecule has 2 aromatic heterocycles. The molecule has 4 rings (SSSR count). The summed E-state index contributed by atoms with van der Waals surface area (Å²) in [6.07, 6.45) is 0. The number of aryl methyl sites for hydroxylation is 1. The quantitative estimate of drug-likeness (QED) is 0.622. The topological polar surface area (TPSA) is 89.4 Å². The molecule has 0 bridgehead atoms. The summed E-state index contributed by atoms with van der Waals surface area (Å²) in [5, 5.41) is 13.2. The molecular formula is C18H16N6O. The van der Waals surface area contributed by atoms with E-state index in [0.29, 0.717) is 22.6 Å². The van der Waals surface area contributed by atoms with Gasteiger partial charge in [-0.25, -0.2) is 4.98 Å². The lowest BCUT2D eigenvalue weighted by Crippen LogP contribution is -2.19. The van der Waals surface area contributed by atoms with Gasteiger partial charge in [0.05, 0.1) is 10.9 Å². The summed E-state index contributed by atoms with van der Waals surface area (Å²) in [6, 6.07) is 14.8. The van der Waals surface area contributed by atoms with Crippen LogP contribution >= 0.6 is 0 Å². The minimum atomic E-state index is -0.344. The number of hydrogen-bond acceptors (Lipinski definition) is 5. The number of para-hydroxylation sites is 1. The Labute approximate surface area is 143 Å². The molecule has 0 saturated heterocycles. The normalized spacial score (nSPS) is 12.4. The van der Waals surface area contributed by atoms with Crippen LogP contribution in [0.15, 0.2) is 53.3 Å². The molecule has 1 unspecified atom stereocenters. The number of nitrogens with zero attached hydrogens (tertiary/aromatic N) is 5. The molecule has 7 nitrogen and oxygen atoms in total. The summed E-state index contributed by atoms with van der Waals surface area (Å²) in [4.78, 5) is 21.0. The lowest BCUT2D eigenvalue weighted by molar-refractivity contribution is 0.462. The number of H-pyrrole nitrogens is 1. The van der Waals surface area contributed by atoms with Gasteiger partial charge in [0.25, 0.3) is 5.56 Å². The van der Waals surface area contributed by atoms with Gasteiger partial charge in [0.15, 0.2) is 0 Å². The van der Waals surface area contributed by atoms with E-state index in [-0.39, 0.29) is 11.6 Å². The second-order valence-corrected chi connectivity index (χ2v) is 5.94. The smallest absolute Gasteiger partial charge is 0.258 e. The molecule has 2 heterocycles. The monoisotopic (exact) mass is 332 g/mol. The zero-order valence-corrected chi connectivity index (χ0v) is 13.8. The van der Waals surface area contributed by atoms with Crippen LogP contribution < -0.4 is 5.56 Å². The van der Waals surface area contributed by atoms with E-state index in [0.717, 1.165) is 5.56 Å². The number of aromatic amines is 1. The van der Waals surface area contributed by atoms with Crippen LogP contribution in [0, 0.1) is 6.92 Å². The lowest BCUT2D eigenvalue weighted by Gasteiger charge is -2.09. The number of hydrogen-bond donors (Lipinski definition) is 1. The van der Waals surface area contributed by atoms with Crippen molar-refractivity contribution >= 4 is 10.9 Å². The molecule has 0 fully saturated rings. The van der Waals surface area contributed by atoms with E-state index in [1.807, 2.05) is 56.3 Å². The molecule has 1 N–H and O–H groups in total. The molecule has 1 atom stereocenters. The highest BCUT2D eigenvalue weighted by atomic mass is 16.1. The second-order valence-electron chi connectivity index (χ2n) is 5.94. The van der Waals surface area contributed by atoms with Crippen molar-refractivity contribution in [2.75, 3.05) is 0 Å². The Kier molecular flexibility index (Phi) is 3.61. The molecule has 7 heteroatoms. The number of tetrazole rings is 1. The molecule has 25 heavy (non-hydrogen) atoms. The van der Waals surface area contributed by atoms with Gasteiger partial charge in [0.2, 0.25) is 5.82 Å². The highest BCUT2D eigenvalue weighted by molar-refractivity contribution is 5.77. The number of aromatic nitrogens is 6. The Bertz CT molecular complexity index is 1100. The predicted octanol–water partition coefficient (Wildman–Crippen LogP) is 2.49. The van der Waals surface area contributed by atoms with Gasteiger partial charge in [-0.1, -0.05) is 42.0 Å². The molecule has 0 spiro atoms. The molecule has 2 aromatic carbocycles. The zero-order chi connectivity index (χ0) is 17.4. The highest BCUT2D eigenvalue weighted by Gasteiger charge is 2.16. The first-order valence-electron chi connectivity index (χ1n) is 7.97. The van der Waals surface area contributed by atoms with Gasteiger partial charge in [-0.3, -0.25) is 4.79 Å². The molecule has 0 aliphatic heterocycles. The van der Waals surface area contributed by atoms with Crippen LogP contribution in [-0.4, -0.2) is 30.2 Å². The second kappa shape index (κ2) is 5.94. The first-order valence-corrected chi connectivity index (χ1v) is 7.97. The van der Waals surface area contributed by atoms with Gasteiger partial charge in [0.1, 0.15) is 11.9 Å². The molecule has 4 aromatic rings. The lowest BCUT2D eigenvalue weighted by atomic mass is 10.1. The van der Waals surface area contributed by atoms with Crippen LogP contribution in [0.5, 0.6) is 0 Å². The first-order chi connectivity index (χ1) is 12.1. The third-order valence-corrected chi connectivity index (χ3v) is 4.11. The van der Waals surface area contributed by atoms with Crippen molar-refractivity contribution in [1.29, 1.82) is 0 Å². The summed E-state index contributed by atoms with van der Waals surface area (Å²) in [7, 11) is 0. The van der Waals surface area contributed by atoms with E-state index >= 15 is 0 Å². The molecular weight excluding hydrogens is 316 g/mol. The fourth-order valence-corrected chi connectivity index (χ4v) is 2.62. The van der Waals surface area contributed by atoms with Crippen LogP contribution in [-0.2, 0) is 0 Å². The maximum absolute atomic E-state index is 12.2. The average Bonchev–Trinajstić information content (AvgIpc) is 3.12. The summed E-state index contributed by atoms with van der Waals surface area (Å²) in [5.74, 6) is 1.03. The van der Waals surface area contributed by atoms with Crippen molar-refractivity contribution in [2.24, 2.45) is 0 Å². The van der Waals surface area contributed by atoms with E-state index in [1.165, 1.54) is 10.4 Å². The SMILES string of the molecule is Cc1ccc(-c2nnn(C(C)c3nc4ccccc4c(=O)[nH]3)n2)cc1. The molecule has 0 aliphatic rings. The molecule has 0 radical (unpaired) electrons. The maximum Gasteiger partial charge on any atom is 0.258 e. The van der Waals surface area contributed by atoms with Gasteiger partial charge in [-0.2, -0.15) is 4.80 Å². The molecule has 0 amide bonds. The summed E-state index contributed by atoms with van der Waals surface area (Å²) in [5.41, 5.74) is 2.53.